The van der Waals surface area contributed by atoms with Crippen molar-refractivity contribution >= 4 is 11.9 Å². The SMILES string of the molecule is O=C([O-])CC(=O)[O-].[I+].[I+]. The number of carbonyl (C=O) groups excluding carboxylic acids is 2. The van der Waals surface area contributed by atoms with E-state index in [1.807, 2.05) is 0 Å². The molecule has 6 heteroatoms. The average molecular weight is 356 g/mol. The van der Waals surface area contributed by atoms with Crippen molar-refractivity contribution in [1.82, 2.24) is 0 Å². The van der Waals surface area contributed by atoms with Gasteiger partial charge in [-0.25, -0.2) is 0 Å². The first-order chi connectivity index (χ1) is 3.13. The Morgan fingerprint density at radius 3 is 1.22 bits per heavy atom. The third-order valence-corrected chi connectivity index (χ3v) is 0.289. The summed E-state index contributed by atoms with van der Waals surface area (Å²) >= 11 is 0. The predicted molar refractivity (Wildman–Crippen MR) is 14.6 cm³/mol. The van der Waals surface area contributed by atoms with Crippen molar-refractivity contribution in [3.8, 4) is 0 Å². The molecular formula is C3H2I2O4. The van der Waals surface area contributed by atoms with Gasteiger partial charge in [0.1, 0.15) is 0 Å². The Bertz CT molecular complexity index is 90.0. The number of carboxylic acid groups (broad SMARTS) is 2. The van der Waals surface area contributed by atoms with Crippen LogP contribution in [0, 0.1) is 0 Å². The van der Waals surface area contributed by atoms with E-state index in [-0.39, 0.29) is 48.0 Å². The Hall–Kier alpha value is 0.400. The van der Waals surface area contributed by atoms with Gasteiger partial charge in [0.2, 0.25) is 0 Å². The maximum Gasteiger partial charge on any atom is 1.00 e. The smallest absolute Gasteiger partial charge is 0.550 e. The summed E-state index contributed by atoms with van der Waals surface area (Å²) in [5.74, 6) is -3.25. The molecule has 0 fully saturated rings. The van der Waals surface area contributed by atoms with E-state index in [1.165, 1.54) is 0 Å². The molecule has 9 heavy (non-hydrogen) atoms. The van der Waals surface area contributed by atoms with Crippen LogP contribution in [0.2, 0.25) is 0 Å². The second-order valence-corrected chi connectivity index (χ2v) is 0.921. The predicted octanol–water partition coefficient (Wildman–Crippen LogP) is -9.12. The third kappa shape index (κ3) is 17.8. The Morgan fingerprint density at radius 2 is 1.22 bits per heavy atom. The van der Waals surface area contributed by atoms with E-state index in [9.17, 15) is 19.8 Å². The summed E-state index contributed by atoms with van der Waals surface area (Å²) in [7, 11) is 0. The zero-order valence-electron chi connectivity index (χ0n) is 4.10. The minimum absolute atomic E-state index is 0. The summed E-state index contributed by atoms with van der Waals surface area (Å²) < 4.78 is 0. The highest BCUT2D eigenvalue weighted by Gasteiger charge is 1.81. The maximum atomic E-state index is 9.28. The molecule has 52 valence electrons. The molecule has 0 rings (SSSR count). The van der Waals surface area contributed by atoms with Crippen molar-refractivity contribution < 1.29 is 67.8 Å². The largest absolute Gasteiger partial charge is 1.00 e. The Labute approximate surface area is 85.7 Å². The molecule has 0 aromatic rings. The molecular weight excluding hydrogens is 354 g/mol. The molecule has 4 radical (unpaired) electrons. The Balaban J connectivity index is -0.000000180. The van der Waals surface area contributed by atoms with Gasteiger partial charge >= 0.3 is 48.0 Å². The van der Waals surface area contributed by atoms with Gasteiger partial charge in [-0.15, -0.1) is 0 Å². The van der Waals surface area contributed by atoms with Gasteiger partial charge in [-0.3, -0.25) is 0 Å². The van der Waals surface area contributed by atoms with E-state index in [0.29, 0.717) is 0 Å². The number of carbonyl (C=O) groups is 2. The molecule has 0 saturated carbocycles. The number of rotatable bonds is 2. The first kappa shape index (κ1) is 16.2. The van der Waals surface area contributed by atoms with Gasteiger partial charge in [0.15, 0.2) is 0 Å². The van der Waals surface area contributed by atoms with E-state index in [2.05, 4.69) is 0 Å². The zero-order chi connectivity index (χ0) is 5.86. The van der Waals surface area contributed by atoms with Gasteiger partial charge < -0.3 is 19.8 Å². The summed E-state index contributed by atoms with van der Waals surface area (Å²) in [4.78, 5) is 18.6. The fraction of sp³-hybridized carbons (Fsp3) is 0.333. The number of carboxylic acids is 2. The van der Waals surface area contributed by atoms with Crippen molar-refractivity contribution in [2.75, 3.05) is 0 Å². The highest BCUT2D eigenvalue weighted by Crippen LogP contribution is 1.66. The number of aliphatic carboxylic acids is 2. The van der Waals surface area contributed by atoms with Crippen LogP contribution < -0.4 is 58.2 Å². The normalized spacial score (nSPS) is 6.22. The quantitative estimate of drug-likeness (QED) is 0.364. The number of hydrogen-bond acceptors (Lipinski definition) is 4. The topological polar surface area (TPSA) is 80.3 Å². The van der Waals surface area contributed by atoms with E-state index in [4.69, 9.17) is 0 Å². The standard InChI is InChI=1S/C3H4O4.2I/c4-2(5)1-3(6)7;;/h1H2,(H,4,5)(H,6,7);;/q;2*+1/p-2. The zero-order valence-corrected chi connectivity index (χ0v) is 8.41. The van der Waals surface area contributed by atoms with Crippen molar-refractivity contribution in [1.29, 1.82) is 0 Å². The van der Waals surface area contributed by atoms with Crippen LogP contribution in [0.25, 0.3) is 0 Å². The van der Waals surface area contributed by atoms with E-state index < -0.39 is 18.4 Å². The monoisotopic (exact) mass is 356 g/mol. The van der Waals surface area contributed by atoms with E-state index >= 15 is 0 Å². The molecule has 0 aliphatic heterocycles. The summed E-state index contributed by atoms with van der Waals surface area (Å²) in [5.41, 5.74) is 0. The lowest BCUT2D eigenvalue weighted by molar-refractivity contribution is -0.322. The highest BCUT2D eigenvalue weighted by atomic mass is 127. The van der Waals surface area contributed by atoms with Crippen LogP contribution in [-0.2, 0) is 9.59 Å². The van der Waals surface area contributed by atoms with Crippen LogP contribution >= 0.6 is 0 Å². The Kier molecular flexibility index (Phi) is 15.1. The fourth-order valence-corrected chi connectivity index (χ4v) is 0.118. The van der Waals surface area contributed by atoms with Gasteiger partial charge in [0, 0.05) is 18.4 Å². The van der Waals surface area contributed by atoms with Crippen LogP contribution in [-0.4, -0.2) is 11.9 Å². The molecule has 0 aromatic carbocycles. The van der Waals surface area contributed by atoms with Gasteiger partial charge in [-0.05, 0) is 0 Å². The molecule has 0 atom stereocenters. The van der Waals surface area contributed by atoms with Crippen LogP contribution in [0.5, 0.6) is 0 Å². The number of hydrogen-bond donors (Lipinski definition) is 0. The van der Waals surface area contributed by atoms with Crippen molar-refractivity contribution in [2.24, 2.45) is 0 Å². The second kappa shape index (κ2) is 8.40. The minimum atomic E-state index is -1.63. The molecule has 0 spiro atoms. The van der Waals surface area contributed by atoms with E-state index in [1.54, 1.807) is 0 Å². The van der Waals surface area contributed by atoms with Gasteiger partial charge in [0.25, 0.3) is 0 Å². The lowest BCUT2D eigenvalue weighted by atomic mass is 10.5. The van der Waals surface area contributed by atoms with Crippen LogP contribution in [0.1, 0.15) is 6.42 Å². The summed E-state index contributed by atoms with van der Waals surface area (Å²) in [6.45, 7) is 0. The van der Waals surface area contributed by atoms with Crippen LogP contribution in [0.15, 0.2) is 0 Å². The molecule has 0 amide bonds. The molecule has 0 heterocycles. The second-order valence-electron chi connectivity index (χ2n) is 0.921. The summed E-state index contributed by atoms with van der Waals surface area (Å²) in [6.07, 6.45) is -1.03. The molecule has 0 aromatic heterocycles. The van der Waals surface area contributed by atoms with Gasteiger partial charge in [0.05, 0.1) is 0 Å². The molecule has 0 N–H and O–H groups in total. The third-order valence-electron chi connectivity index (χ3n) is 0.289. The molecule has 4 nitrogen and oxygen atoms in total. The first-order valence-electron chi connectivity index (χ1n) is 1.52. The fourth-order valence-electron chi connectivity index (χ4n) is 0.118. The van der Waals surface area contributed by atoms with Crippen molar-refractivity contribution in [3.63, 3.8) is 0 Å². The molecule has 0 unspecified atom stereocenters. The van der Waals surface area contributed by atoms with Crippen LogP contribution in [0.4, 0.5) is 0 Å². The van der Waals surface area contributed by atoms with Gasteiger partial charge in [-0.2, -0.15) is 0 Å². The lowest BCUT2D eigenvalue weighted by Gasteiger charge is -1.99. The number of halogens is 2. The summed E-state index contributed by atoms with van der Waals surface area (Å²) in [5, 5.41) is 18.6. The minimum Gasteiger partial charge on any atom is -0.550 e. The molecule has 0 aliphatic rings. The molecule has 0 bridgehead atoms. The van der Waals surface area contributed by atoms with E-state index in [0.717, 1.165) is 0 Å². The highest BCUT2D eigenvalue weighted by molar-refractivity contribution is 5.86. The van der Waals surface area contributed by atoms with Crippen molar-refractivity contribution in [2.45, 2.75) is 6.42 Å². The lowest BCUT2D eigenvalue weighted by Crippen LogP contribution is -3.00. The first-order valence-corrected chi connectivity index (χ1v) is 1.52. The molecule has 0 saturated heterocycles. The van der Waals surface area contributed by atoms with Gasteiger partial charge in [-0.1, -0.05) is 0 Å². The maximum absolute atomic E-state index is 9.28. The molecule has 0 aliphatic carbocycles. The average Bonchev–Trinajstić information content (AvgIpc) is 1.27. The summed E-state index contributed by atoms with van der Waals surface area (Å²) in [6, 6.07) is 0. The Morgan fingerprint density at radius 1 is 1.00 bits per heavy atom. The van der Waals surface area contributed by atoms with Crippen molar-refractivity contribution in [3.05, 3.63) is 0 Å². The van der Waals surface area contributed by atoms with Crippen LogP contribution in [0.3, 0.4) is 0 Å².